The van der Waals surface area contributed by atoms with Crippen molar-refractivity contribution in [2.45, 2.75) is 0 Å². The molecule has 0 aliphatic heterocycles. The number of para-hydroxylation sites is 3. The summed E-state index contributed by atoms with van der Waals surface area (Å²) in [7, 11) is 0. The van der Waals surface area contributed by atoms with Crippen LogP contribution in [0, 0.1) is 0 Å². The van der Waals surface area contributed by atoms with Crippen LogP contribution in [0.25, 0.3) is 77.6 Å². The van der Waals surface area contributed by atoms with Crippen LogP contribution in [0.5, 0.6) is 0 Å². The Labute approximate surface area is 254 Å². The summed E-state index contributed by atoms with van der Waals surface area (Å²) in [6.07, 6.45) is 1.85. The van der Waals surface area contributed by atoms with Crippen LogP contribution in [0.2, 0.25) is 0 Å². The second-order valence-electron chi connectivity index (χ2n) is 11.1. The highest BCUT2D eigenvalue weighted by atomic mass is 15.2. The van der Waals surface area contributed by atoms with E-state index in [0.29, 0.717) is 5.95 Å². The zero-order valence-electron chi connectivity index (χ0n) is 23.8. The van der Waals surface area contributed by atoms with Gasteiger partial charge in [0.05, 0.1) is 27.8 Å². The first-order chi connectivity index (χ1) is 21.8. The molecule has 206 valence electrons. The van der Waals surface area contributed by atoms with Crippen LogP contribution in [-0.2, 0) is 0 Å². The molecule has 0 bridgehead atoms. The van der Waals surface area contributed by atoms with Gasteiger partial charge in [-0.25, -0.2) is 9.97 Å². The van der Waals surface area contributed by atoms with E-state index in [9.17, 15) is 0 Å². The van der Waals surface area contributed by atoms with Crippen LogP contribution in [0.3, 0.4) is 0 Å². The molecule has 0 atom stereocenters. The van der Waals surface area contributed by atoms with Gasteiger partial charge in [0.25, 0.3) is 0 Å². The zero-order valence-corrected chi connectivity index (χ0v) is 23.8. The Hall–Kier alpha value is -6.00. The molecule has 0 saturated carbocycles. The van der Waals surface area contributed by atoms with E-state index in [2.05, 4.69) is 137 Å². The Morgan fingerprint density at radius 3 is 1.77 bits per heavy atom. The van der Waals surface area contributed by atoms with Gasteiger partial charge in [-0.3, -0.25) is 4.57 Å². The van der Waals surface area contributed by atoms with Crippen molar-refractivity contribution in [1.29, 1.82) is 0 Å². The molecule has 0 amide bonds. The Bertz CT molecular complexity index is 2490. The normalized spacial score (nSPS) is 11.6. The van der Waals surface area contributed by atoms with Crippen molar-refractivity contribution in [2.75, 3.05) is 0 Å². The first-order valence-corrected chi connectivity index (χ1v) is 14.8. The minimum atomic E-state index is 0.666. The lowest BCUT2D eigenvalue weighted by Crippen LogP contribution is -2.01. The topological polar surface area (TPSA) is 35.6 Å². The fraction of sp³-hybridized carbons (Fsp3) is 0. The molecule has 0 saturated heterocycles. The van der Waals surface area contributed by atoms with E-state index in [0.717, 1.165) is 28.0 Å². The van der Waals surface area contributed by atoms with Gasteiger partial charge in [0, 0.05) is 39.0 Å². The molecule has 0 N–H and O–H groups in total. The Balaban J connectivity index is 1.24. The largest absolute Gasteiger partial charge is 0.309 e. The van der Waals surface area contributed by atoms with Crippen LogP contribution in [0.1, 0.15) is 0 Å². The predicted octanol–water partition coefficient (Wildman–Crippen LogP) is 10.0. The van der Waals surface area contributed by atoms with Crippen molar-refractivity contribution in [2.24, 2.45) is 0 Å². The molecule has 0 spiro atoms. The maximum atomic E-state index is 5.01. The Morgan fingerprint density at radius 1 is 0.386 bits per heavy atom. The number of hydrogen-bond donors (Lipinski definition) is 0. The minimum Gasteiger partial charge on any atom is -0.309 e. The summed E-state index contributed by atoms with van der Waals surface area (Å²) in [6.45, 7) is 0. The minimum absolute atomic E-state index is 0.666. The number of aromatic nitrogens is 4. The fourth-order valence-corrected chi connectivity index (χ4v) is 6.60. The highest BCUT2D eigenvalue weighted by molar-refractivity contribution is 6.12. The lowest BCUT2D eigenvalue weighted by molar-refractivity contribution is 0.992. The van der Waals surface area contributed by atoms with Crippen LogP contribution in [0.15, 0.2) is 158 Å². The van der Waals surface area contributed by atoms with E-state index in [1.807, 2.05) is 30.5 Å². The summed E-state index contributed by atoms with van der Waals surface area (Å²) in [5.74, 6) is 0.666. The lowest BCUT2D eigenvalue weighted by Gasteiger charge is -2.10. The molecule has 4 nitrogen and oxygen atoms in total. The average Bonchev–Trinajstić information content (AvgIpc) is 3.61. The van der Waals surface area contributed by atoms with Gasteiger partial charge in [-0.1, -0.05) is 103 Å². The second-order valence-corrected chi connectivity index (χ2v) is 11.1. The van der Waals surface area contributed by atoms with Crippen molar-refractivity contribution >= 4 is 43.6 Å². The molecule has 4 heteroatoms. The number of benzene rings is 6. The van der Waals surface area contributed by atoms with Gasteiger partial charge in [0.2, 0.25) is 5.95 Å². The third-order valence-electron chi connectivity index (χ3n) is 8.61. The van der Waals surface area contributed by atoms with Crippen LogP contribution in [0.4, 0.5) is 0 Å². The highest BCUT2D eigenvalue weighted by Crippen LogP contribution is 2.37. The second kappa shape index (κ2) is 9.79. The zero-order chi connectivity index (χ0) is 29.0. The summed E-state index contributed by atoms with van der Waals surface area (Å²) >= 11 is 0. The van der Waals surface area contributed by atoms with E-state index in [1.54, 1.807) is 0 Å². The molecular weight excluding hydrogens is 536 g/mol. The van der Waals surface area contributed by atoms with E-state index in [-0.39, 0.29) is 0 Å². The molecule has 9 aromatic rings. The standard InChI is InChI=1S/C40H26N4/c1-3-11-27(12-4-1)35-23-24-41-40(42-35)44-37-18-10-8-16-32(37)34-25-28(20-22-38(34)44)29-19-21-33-31-15-7-9-17-36(31)43(39(33)26-29)30-13-5-2-6-14-30/h1-26H. The molecule has 0 aliphatic carbocycles. The molecule has 0 aliphatic rings. The van der Waals surface area contributed by atoms with Crippen LogP contribution in [-0.4, -0.2) is 19.1 Å². The van der Waals surface area contributed by atoms with Gasteiger partial charge < -0.3 is 4.57 Å². The van der Waals surface area contributed by atoms with Crippen molar-refractivity contribution in [3.05, 3.63) is 158 Å². The molecular formula is C40H26N4. The number of nitrogens with zero attached hydrogens (tertiary/aromatic N) is 4. The molecule has 0 fully saturated rings. The predicted molar refractivity (Wildman–Crippen MR) is 182 cm³/mol. The first kappa shape index (κ1) is 24.6. The van der Waals surface area contributed by atoms with E-state index in [4.69, 9.17) is 9.97 Å². The van der Waals surface area contributed by atoms with Gasteiger partial charge in [-0.2, -0.15) is 0 Å². The average molecular weight is 563 g/mol. The maximum absolute atomic E-state index is 5.01. The van der Waals surface area contributed by atoms with Crippen LogP contribution >= 0.6 is 0 Å². The summed E-state index contributed by atoms with van der Waals surface area (Å²) in [5.41, 5.74) is 10.1. The van der Waals surface area contributed by atoms with Crippen LogP contribution < -0.4 is 0 Å². The van der Waals surface area contributed by atoms with E-state index in [1.165, 1.54) is 43.7 Å². The van der Waals surface area contributed by atoms with Gasteiger partial charge in [-0.15, -0.1) is 0 Å². The number of hydrogen-bond acceptors (Lipinski definition) is 2. The summed E-state index contributed by atoms with van der Waals surface area (Å²) in [5, 5.41) is 4.86. The maximum Gasteiger partial charge on any atom is 0.235 e. The van der Waals surface area contributed by atoms with Gasteiger partial charge in [-0.05, 0) is 59.7 Å². The fourth-order valence-electron chi connectivity index (χ4n) is 6.60. The Morgan fingerprint density at radius 2 is 0.977 bits per heavy atom. The first-order valence-electron chi connectivity index (χ1n) is 14.8. The molecule has 0 unspecified atom stereocenters. The van der Waals surface area contributed by atoms with Gasteiger partial charge >= 0.3 is 0 Å². The molecule has 3 aromatic heterocycles. The summed E-state index contributed by atoms with van der Waals surface area (Å²) < 4.78 is 4.55. The summed E-state index contributed by atoms with van der Waals surface area (Å²) in [6, 6.07) is 53.6. The smallest absolute Gasteiger partial charge is 0.235 e. The SMILES string of the molecule is c1ccc(-c2ccnc(-n3c4ccccc4c4cc(-c5ccc6c7ccccc7n(-c7ccccc7)c6c5)ccc43)n2)cc1. The van der Waals surface area contributed by atoms with Crippen molar-refractivity contribution in [3.8, 4) is 34.0 Å². The van der Waals surface area contributed by atoms with Crippen molar-refractivity contribution in [3.63, 3.8) is 0 Å². The quantitative estimate of drug-likeness (QED) is 0.214. The third-order valence-corrected chi connectivity index (χ3v) is 8.61. The summed E-state index contributed by atoms with van der Waals surface area (Å²) in [4.78, 5) is 9.74. The molecule has 9 rings (SSSR count). The van der Waals surface area contributed by atoms with Crippen molar-refractivity contribution in [1.82, 2.24) is 19.1 Å². The monoisotopic (exact) mass is 562 g/mol. The molecule has 6 aromatic carbocycles. The van der Waals surface area contributed by atoms with E-state index >= 15 is 0 Å². The van der Waals surface area contributed by atoms with Gasteiger partial charge in [0.1, 0.15) is 0 Å². The molecule has 3 heterocycles. The highest BCUT2D eigenvalue weighted by Gasteiger charge is 2.17. The lowest BCUT2D eigenvalue weighted by atomic mass is 10.0. The van der Waals surface area contributed by atoms with Gasteiger partial charge in [0.15, 0.2) is 0 Å². The number of rotatable bonds is 4. The number of fused-ring (bicyclic) bond motifs is 6. The van der Waals surface area contributed by atoms with E-state index < -0.39 is 0 Å². The third kappa shape index (κ3) is 3.78. The molecule has 44 heavy (non-hydrogen) atoms. The van der Waals surface area contributed by atoms with Crippen molar-refractivity contribution < 1.29 is 0 Å². The molecule has 0 radical (unpaired) electrons. The Kier molecular flexibility index (Phi) is 5.47.